The summed E-state index contributed by atoms with van der Waals surface area (Å²) in [5, 5.41) is 0. The van der Waals surface area contributed by atoms with E-state index in [1.165, 1.54) is 16.7 Å². The van der Waals surface area contributed by atoms with Gasteiger partial charge < -0.3 is 0 Å². The van der Waals surface area contributed by atoms with Gasteiger partial charge >= 0.3 is 0 Å². The van der Waals surface area contributed by atoms with Crippen LogP contribution < -0.4 is 0 Å². The lowest BCUT2D eigenvalue weighted by Crippen LogP contribution is -1.92. The Morgan fingerprint density at radius 2 is 1.94 bits per heavy atom. The van der Waals surface area contributed by atoms with Crippen molar-refractivity contribution in [3.63, 3.8) is 0 Å². The van der Waals surface area contributed by atoms with Gasteiger partial charge in [-0.05, 0) is 43.5 Å². The average molecular weight is 212 g/mol. The molecule has 0 bridgehead atoms. The third-order valence-corrected chi connectivity index (χ3v) is 2.80. The van der Waals surface area contributed by atoms with Crippen molar-refractivity contribution in [2.24, 2.45) is 0 Å². The van der Waals surface area contributed by atoms with Crippen molar-refractivity contribution < 1.29 is 0 Å². The summed E-state index contributed by atoms with van der Waals surface area (Å²) in [7, 11) is 0. The van der Waals surface area contributed by atoms with Crippen molar-refractivity contribution in [3.05, 3.63) is 47.4 Å². The first-order valence-electron chi connectivity index (χ1n) is 5.60. The molecule has 0 N–H and O–H groups in total. The molecule has 0 aliphatic rings. The van der Waals surface area contributed by atoms with Gasteiger partial charge in [-0.1, -0.05) is 19.1 Å². The predicted octanol–water partition coefficient (Wildman–Crippen LogP) is 3.32. The summed E-state index contributed by atoms with van der Waals surface area (Å²) in [5.74, 6) is 0.815. The zero-order valence-corrected chi connectivity index (χ0v) is 9.99. The summed E-state index contributed by atoms with van der Waals surface area (Å²) < 4.78 is 0. The fourth-order valence-corrected chi connectivity index (χ4v) is 1.87. The van der Waals surface area contributed by atoms with Crippen LogP contribution in [-0.2, 0) is 6.42 Å². The Labute approximate surface area is 96.4 Å². The quantitative estimate of drug-likeness (QED) is 0.763. The smallest absolute Gasteiger partial charge is 0.125 e. The van der Waals surface area contributed by atoms with Gasteiger partial charge in [-0.25, -0.2) is 9.97 Å². The van der Waals surface area contributed by atoms with Crippen LogP contribution in [0.3, 0.4) is 0 Å². The topological polar surface area (TPSA) is 25.8 Å². The Balaban J connectivity index is 2.45. The van der Waals surface area contributed by atoms with E-state index in [0.717, 1.165) is 17.9 Å². The maximum Gasteiger partial charge on any atom is 0.125 e. The summed E-state index contributed by atoms with van der Waals surface area (Å²) in [6, 6.07) is 8.46. The van der Waals surface area contributed by atoms with E-state index >= 15 is 0 Å². The van der Waals surface area contributed by atoms with Crippen molar-refractivity contribution in [3.8, 4) is 11.3 Å². The van der Waals surface area contributed by atoms with Crippen LogP contribution in [0.1, 0.15) is 23.9 Å². The normalized spacial score (nSPS) is 10.4. The third-order valence-electron chi connectivity index (χ3n) is 2.80. The third kappa shape index (κ3) is 2.11. The van der Waals surface area contributed by atoms with Crippen molar-refractivity contribution in [1.82, 2.24) is 9.97 Å². The van der Waals surface area contributed by atoms with Crippen LogP contribution in [0.4, 0.5) is 0 Å². The number of benzene rings is 1. The van der Waals surface area contributed by atoms with E-state index in [2.05, 4.69) is 42.0 Å². The lowest BCUT2D eigenvalue weighted by molar-refractivity contribution is 1.05. The summed E-state index contributed by atoms with van der Waals surface area (Å²) in [6.45, 7) is 6.24. The summed E-state index contributed by atoms with van der Waals surface area (Å²) >= 11 is 0. The predicted molar refractivity (Wildman–Crippen MR) is 66.3 cm³/mol. The van der Waals surface area contributed by atoms with E-state index < -0.39 is 0 Å². The molecule has 0 fully saturated rings. The monoisotopic (exact) mass is 212 g/mol. The highest BCUT2D eigenvalue weighted by Crippen LogP contribution is 2.20. The summed E-state index contributed by atoms with van der Waals surface area (Å²) in [5.41, 5.74) is 4.89. The van der Waals surface area contributed by atoms with Crippen molar-refractivity contribution in [1.29, 1.82) is 0 Å². The molecule has 16 heavy (non-hydrogen) atoms. The number of nitrogens with zero attached hydrogens (tertiary/aromatic N) is 2. The molecule has 0 aliphatic heterocycles. The Morgan fingerprint density at radius 3 is 2.56 bits per heavy atom. The largest absolute Gasteiger partial charge is 0.242 e. The van der Waals surface area contributed by atoms with Crippen LogP contribution in [0.5, 0.6) is 0 Å². The van der Waals surface area contributed by atoms with Gasteiger partial charge in [0.25, 0.3) is 0 Å². The second-order valence-electron chi connectivity index (χ2n) is 3.98. The van der Waals surface area contributed by atoms with E-state index in [4.69, 9.17) is 0 Å². The van der Waals surface area contributed by atoms with E-state index in [1.807, 2.05) is 13.0 Å². The summed E-state index contributed by atoms with van der Waals surface area (Å²) in [6.07, 6.45) is 2.88. The molecular formula is C14H16N2. The molecule has 0 aliphatic carbocycles. The SMILES string of the molecule is CCc1ccc(-c2ccnc(C)n2)cc1C. The van der Waals surface area contributed by atoms with E-state index in [9.17, 15) is 0 Å². The van der Waals surface area contributed by atoms with Gasteiger partial charge in [0.05, 0.1) is 5.69 Å². The molecule has 2 nitrogen and oxygen atoms in total. The van der Waals surface area contributed by atoms with E-state index in [-0.39, 0.29) is 0 Å². The van der Waals surface area contributed by atoms with Gasteiger partial charge in [0.15, 0.2) is 0 Å². The molecule has 0 atom stereocenters. The van der Waals surface area contributed by atoms with Crippen LogP contribution in [0.2, 0.25) is 0 Å². The van der Waals surface area contributed by atoms with E-state index in [1.54, 1.807) is 6.20 Å². The molecule has 0 unspecified atom stereocenters. The number of hydrogen-bond donors (Lipinski definition) is 0. The van der Waals surface area contributed by atoms with E-state index in [0.29, 0.717) is 0 Å². The number of aromatic nitrogens is 2. The van der Waals surface area contributed by atoms with Crippen LogP contribution in [0.15, 0.2) is 30.5 Å². The molecule has 2 heteroatoms. The first kappa shape index (κ1) is 10.8. The highest BCUT2D eigenvalue weighted by molar-refractivity contribution is 5.60. The molecule has 0 saturated heterocycles. The lowest BCUT2D eigenvalue weighted by Gasteiger charge is -2.06. The molecule has 82 valence electrons. The standard InChI is InChI=1S/C14H16N2/c1-4-12-5-6-13(9-10(12)2)14-7-8-15-11(3)16-14/h5-9H,4H2,1-3H3. The Kier molecular flexibility index (Phi) is 3.00. The minimum absolute atomic E-state index is 0.815. The molecule has 2 aromatic rings. The summed E-state index contributed by atoms with van der Waals surface area (Å²) in [4.78, 5) is 8.54. The van der Waals surface area contributed by atoms with Crippen LogP contribution in [-0.4, -0.2) is 9.97 Å². The van der Waals surface area contributed by atoms with Gasteiger partial charge in [0.2, 0.25) is 0 Å². The molecule has 0 radical (unpaired) electrons. The zero-order valence-electron chi connectivity index (χ0n) is 9.99. The molecule has 2 rings (SSSR count). The van der Waals surface area contributed by atoms with Crippen LogP contribution in [0.25, 0.3) is 11.3 Å². The molecule has 1 aromatic heterocycles. The van der Waals surface area contributed by atoms with Gasteiger partial charge in [-0.2, -0.15) is 0 Å². The maximum absolute atomic E-state index is 4.43. The van der Waals surface area contributed by atoms with Crippen molar-refractivity contribution in [2.75, 3.05) is 0 Å². The molecule has 0 spiro atoms. The van der Waals surface area contributed by atoms with Crippen molar-refractivity contribution >= 4 is 0 Å². The maximum atomic E-state index is 4.43. The van der Waals surface area contributed by atoms with Crippen LogP contribution >= 0.6 is 0 Å². The lowest BCUT2D eigenvalue weighted by atomic mass is 10.0. The highest BCUT2D eigenvalue weighted by Gasteiger charge is 2.02. The fraction of sp³-hybridized carbons (Fsp3) is 0.286. The molecule has 0 amide bonds. The first-order chi connectivity index (χ1) is 7.70. The number of aryl methyl sites for hydroxylation is 3. The highest BCUT2D eigenvalue weighted by atomic mass is 14.9. The van der Waals surface area contributed by atoms with Crippen molar-refractivity contribution in [2.45, 2.75) is 27.2 Å². The molecule has 1 aromatic carbocycles. The second kappa shape index (κ2) is 4.44. The van der Waals surface area contributed by atoms with Gasteiger partial charge in [-0.15, -0.1) is 0 Å². The minimum atomic E-state index is 0.815. The number of hydrogen-bond acceptors (Lipinski definition) is 2. The minimum Gasteiger partial charge on any atom is -0.242 e. The molecule has 0 saturated carbocycles. The number of rotatable bonds is 2. The average Bonchev–Trinajstić information content (AvgIpc) is 2.29. The van der Waals surface area contributed by atoms with Gasteiger partial charge in [0.1, 0.15) is 5.82 Å². The van der Waals surface area contributed by atoms with Gasteiger partial charge in [0, 0.05) is 11.8 Å². The second-order valence-corrected chi connectivity index (χ2v) is 3.98. The Bertz CT molecular complexity index is 504. The van der Waals surface area contributed by atoms with Crippen LogP contribution in [0, 0.1) is 13.8 Å². The molecular weight excluding hydrogens is 196 g/mol. The fourth-order valence-electron chi connectivity index (χ4n) is 1.87. The molecule has 1 heterocycles. The Hall–Kier alpha value is -1.70. The Morgan fingerprint density at radius 1 is 1.12 bits per heavy atom. The zero-order chi connectivity index (χ0) is 11.5. The first-order valence-corrected chi connectivity index (χ1v) is 5.60. The van der Waals surface area contributed by atoms with Gasteiger partial charge in [-0.3, -0.25) is 0 Å².